The van der Waals surface area contributed by atoms with Gasteiger partial charge in [-0.05, 0) is 48.7 Å². The maximum Gasteiger partial charge on any atom is 0.242 e. The largest absolute Gasteiger partial charge is 0.354 e. The monoisotopic (exact) mass is 440 g/mol. The highest BCUT2D eigenvalue weighted by Crippen LogP contribution is 2.23. The number of hydrogen-bond donors (Lipinski definition) is 1. The molecule has 2 amide bonds. The average molecular weight is 442 g/mol. The van der Waals surface area contributed by atoms with Crippen LogP contribution in [0.1, 0.15) is 31.4 Å². The Morgan fingerprint density at radius 3 is 2.43 bits per heavy atom. The Balaban J connectivity index is 2.25. The van der Waals surface area contributed by atoms with E-state index in [1.54, 1.807) is 42.2 Å². The van der Waals surface area contributed by atoms with E-state index in [1.807, 2.05) is 19.1 Å². The van der Waals surface area contributed by atoms with E-state index < -0.39 is 6.04 Å². The van der Waals surface area contributed by atoms with Crippen LogP contribution in [0.25, 0.3) is 0 Å². The summed E-state index contributed by atoms with van der Waals surface area (Å²) >= 11 is 18.2. The van der Waals surface area contributed by atoms with Crippen LogP contribution in [0, 0.1) is 0 Å². The van der Waals surface area contributed by atoms with Gasteiger partial charge in [-0.3, -0.25) is 9.59 Å². The van der Waals surface area contributed by atoms with Gasteiger partial charge in [0.2, 0.25) is 11.8 Å². The highest BCUT2D eigenvalue weighted by Gasteiger charge is 2.26. The summed E-state index contributed by atoms with van der Waals surface area (Å²) < 4.78 is 0. The summed E-state index contributed by atoms with van der Waals surface area (Å²) in [5, 5.41) is 4.35. The normalized spacial score (nSPS) is 11.8. The van der Waals surface area contributed by atoms with E-state index in [2.05, 4.69) is 5.32 Å². The van der Waals surface area contributed by atoms with Gasteiger partial charge in [-0.15, -0.1) is 0 Å². The lowest BCUT2D eigenvalue weighted by Gasteiger charge is -2.29. The van der Waals surface area contributed by atoms with Crippen LogP contribution in [0.4, 0.5) is 0 Å². The third-order valence-electron chi connectivity index (χ3n) is 4.32. The van der Waals surface area contributed by atoms with Gasteiger partial charge < -0.3 is 10.2 Å². The van der Waals surface area contributed by atoms with Gasteiger partial charge in [-0.1, -0.05) is 59.9 Å². The van der Waals surface area contributed by atoms with Crippen molar-refractivity contribution in [3.8, 4) is 0 Å². The van der Waals surface area contributed by atoms with Crippen molar-refractivity contribution in [2.45, 2.75) is 39.3 Å². The number of rotatable bonds is 8. The molecule has 0 aromatic heterocycles. The molecule has 1 N–H and O–H groups in total. The molecule has 1 atom stereocenters. The molecule has 0 aliphatic heterocycles. The Hall–Kier alpha value is -1.75. The van der Waals surface area contributed by atoms with Crippen molar-refractivity contribution in [3.63, 3.8) is 0 Å². The van der Waals surface area contributed by atoms with Gasteiger partial charge in [-0.2, -0.15) is 0 Å². The van der Waals surface area contributed by atoms with Crippen LogP contribution >= 0.6 is 34.8 Å². The van der Waals surface area contributed by atoms with Crippen LogP contribution in [-0.2, 0) is 22.6 Å². The summed E-state index contributed by atoms with van der Waals surface area (Å²) in [6, 6.07) is 11.6. The van der Waals surface area contributed by atoms with Crippen molar-refractivity contribution in [1.29, 1.82) is 0 Å². The molecule has 1 unspecified atom stereocenters. The summed E-state index contributed by atoms with van der Waals surface area (Å²) in [7, 11) is 0. The maximum absolute atomic E-state index is 13.1. The quantitative estimate of drug-likeness (QED) is 0.617. The third-order valence-corrected chi connectivity index (χ3v) is 5.14. The predicted octanol–water partition coefficient (Wildman–Crippen LogP) is 5.13. The summed E-state index contributed by atoms with van der Waals surface area (Å²) in [5.74, 6) is -0.400. The fourth-order valence-electron chi connectivity index (χ4n) is 2.74. The first-order valence-electron chi connectivity index (χ1n) is 9.07. The molecule has 0 bridgehead atoms. The zero-order chi connectivity index (χ0) is 20.7. The van der Waals surface area contributed by atoms with Gasteiger partial charge in [0.05, 0.1) is 6.42 Å². The molecule has 150 valence electrons. The summed E-state index contributed by atoms with van der Waals surface area (Å²) in [4.78, 5) is 27.1. The highest BCUT2D eigenvalue weighted by atomic mass is 35.5. The van der Waals surface area contributed by atoms with Gasteiger partial charge in [0, 0.05) is 28.2 Å². The van der Waals surface area contributed by atoms with Gasteiger partial charge in [0.15, 0.2) is 0 Å². The molecular weight excluding hydrogens is 419 g/mol. The van der Waals surface area contributed by atoms with Gasteiger partial charge in [-0.25, -0.2) is 0 Å². The lowest BCUT2D eigenvalue weighted by atomic mass is 10.1. The van der Waals surface area contributed by atoms with Crippen molar-refractivity contribution < 1.29 is 9.59 Å². The molecule has 0 saturated carbocycles. The number of nitrogens with zero attached hydrogens (tertiary/aromatic N) is 1. The van der Waals surface area contributed by atoms with E-state index in [-0.39, 0.29) is 24.8 Å². The molecule has 0 spiro atoms. The summed E-state index contributed by atoms with van der Waals surface area (Å²) in [6.07, 6.45) is 0.892. The molecule has 2 aromatic rings. The zero-order valence-electron chi connectivity index (χ0n) is 15.8. The Morgan fingerprint density at radius 1 is 1.07 bits per heavy atom. The van der Waals surface area contributed by atoms with Crippen LogP contribution in [0.15, 0.2) is 42.5 Å². The van der Waals surface area contributed by atoms with Gasteiger partial charge >= 0.3 is 0 Å². The number of nitrogens with one attached hydrogen (secondary N) is 1. The van der Waals surface area contributed by atoms with Crippen molar-refractivity contribution in [3.05, 3.63) is 68.7 Å². The number of benzene rings is 2. The van der Waals surface area contributed by atoms with Crippen molar-refractivity contribution in [2.75, 3.05) is 6.54 Å². The van der Waals surface area contributed by atoms with E-state index in [9.17, 15) is 9.59 Å². The highest BCUT2D eigenvalue weighted by molar-refractivity contribution is 6.35. The van der Waals surface area contributed by atoms with Crippen LogP contribution in [0.2, 0.25) is 15.1 Å². The topological polar surface area (TPSA) is 49.4 Å². The molecule has 0 heterocycles. The molecule has 2 aromatic carbocycles. The second-order valence-corrected chi connectivity index (χ2v) is 7.81. The molecule has 0 radical (unpaired) electrons. The minimum Gasteiger partial charge on any atom is -0.354 e. The standard InChI is InChI=1S/C21H23Cl3N2O2/c1-3-9-25-21(28)14(2)26(13-15-5-4-6-17(22)10-15)20(27)11-16-7-8-18(23)12-19(16)24/h4-8,10,12,14H,3,9,11,13H2,1-2H3,(H,25,28). The Kier molecular flexibility index (Phi) is 8.61. The van der Waals surface area contributed by atoms with Gasteiger partial charge in [0.25, 0.3) is 0 Å². The second-order valence-electron chi connectivity index (χ2n) is 6.53. The van der Waals surface area contributed by atoms with E-state index in [4.69, 9.17) is 34.8 Å². The number of hydrogen-bond acceptors (Lipinski definition) is 2. The first-order valence-corrected chi connectivity index (χ1v) is 10.2. The smallest absolute Gasteiger partial charge is 0.242 e. The third kappa shape index (κ3) is 6.40. The summed E-state index contributed by atoms with van der Waals surface area (Å²) in [6.45, 7) is 4.52. The second kappa shape index (κ2) is 10.7. The van der Waals surface area contributed by atoms with E-state index in [0.29, 0.717) is 27.2 Å². The van der Waals surface area contributed by atoms with Crippen LogP contribution in [0.5, 0.6) is 0 Å². The van der Waals surface area contributed by atoms with E-state index >= 15 is 0 Å². The minimum atomic E-state index is -0.635. The van der Waals surface area contributed by atoms with Crippen LogP contribution < -0.4 is 5.32 Å². The maximum atomic E-state index is 13.1. The number of amides is 2. The first-order chi connectivity index (χ1) is 13.3. The predicted molar refractivity (Wildman–Crippen MR) is 115 cm³/mol. The van der Waals surface area contributed by atoms with Crippen molar-refractivity contribution in [2.24, 2.45) is 0 Å². The Bertz CT molecular complexity index is 842. The molecule has 4 nitrogen and oxygen atoms in total. The first kappa shape index (κ1) is 22.5. The molecule has 0 fully saturated rings. The number of carbonyl (C=O) groups excluding carboxylic acids is 2. The fraction of sp³-hybridized carbons (Fsp3) is 0.333. The number of carbonyl (C=O) groups is 2. The molecule has 7 heteroatoms. The Labute approximate surface area is 180 Å². The van der Waals surface area contributed by atoms with E-state index in [0.717, 1.165) is 12.0 Å². The lowest BCUT2D eigenvalue weighted by Crippen LogP contribution is -2.48. The molecule has 0 aliphatic rings. The molecule has 2 rings (SSSR count). The summed E-state index contributed by atoms with van der Waals surface area (Å²) in [5.41, 5.74) is 1.51. The SMILES string of the molecule is CCCNC(=O)C(C)N(Cc1cccc(Cl)c1)C(=O)Cc1ccc(Cl)cc1Cl. The number of halogens is 3. The average Bonchev–Trinajstić information content (AvgIpc) is 2.65. The molecular formula is C21H23Cl3N2O2. The zero-order valence-corrected chi connectivity index (χ0v) is 18.1. The van der Waals surface area contributed by atoms with E-state index in [1.165, 1.54) is 0 Å². The van der Waals surface area contributed by atoms with Crippen molar-refractivity contribution >= 4 is 46.6 Å². The lowest BCUT2D eigenvalue weighted by molar-refractivity contribution is -0.140. The minimum absolute atomic E-state index is 0.0714. The van der Waals surface area contributed by atoms with Crippen molar-refractivity contribution in [1.82, 2.24) is 10.2 Å². The van der Waals surface area contributed by atoms with Gasteiger partial charge in [0.1, 0.15) is 6.04 Å². The molecule has 0 aliphatic carbocycles. The van der Waals surface area contributed by atoms with Crippen LogP contribution in [0.3, 0.4) is 0 Å². The molecule has 28 heavy (non-hydrogen) atoms. The fourth-order valence-corrected chi connectivity index (χ4v) is 3.43. The van der Waals surface area contributed by atoms with Crippen LogP contribution in [-0.4, -0.2) is 29.3 Å². The Morgan fingerprint density at radius 2 is 1.79 bits per heavy atom. The molecule has 0 saturated heterocycles.